The molecular formula is C19H21ClN4O4S2. The molecule has 0 amide bonds. The topological polar surface area (TPSA) is 108 Å². The Balaban J connectivity index is 1.90. The van der Waals surface area contributed by atoms with Gasteiger partial charge in [0.15, 0.2) is 6.17 Å². The highest BCUT2D eigenvalue weighted by Crippen LogP contribution is 2.36. The number of para-hydroxylation sites is 1. The van der Waals surface area contributed by atoms with E-state index in [1.54, 1.807) is 55.5 Å². The number of allylic oxidation sites excluding steroid dienone is 1. The Kier molecular flexibility index (Phi) is 6.63. The van der Waals surface area contributed by atoms with Gasteiger partial charge in [-0.1, -0.05) is 48.0 Å². The number of hydrazine groups is 1. The number of hydrogen-bond donors (Lipinski definition) is 2. The van der Waals surface area contributed by atoms with Crippen LogP contribution in [0.4, 0.5) is 5.69 Å². The van der Waals surface area contributed by atoms with Gasteiger partial charge in [0.1, 0.15) is 0 Å². The number of benzene rings is 2. The van der Waals surface area contributed by atoms with Gasteiger partial charge in [0.2, 0.25) is 4.21 Å². The van der Waals surface area contributed by atoms with E-state index in [0.717, 1.165) is 4.31 Å². The fraction of sp³-hybridized carbons (Fsp3) is 0.211. The predicted octanol–water partition coefficient (Wildman–Crippen LogP) is 2.23. The van der Waals surface area contributed by atoms with Crippen molar-refractivity contribution in [1.82, 2.24) is 10.3 Å². The molecule has 1 aliphatic heterocycles. The molecule has 2 aromatic rings. The molecule has 0 bridgehead atoms. The number of hydrogen-bond acceptors (Lipinski definition) is 6. The number of rotatable bonds is 8. The summed E-state index contributed by atoms with van der Waals surface area (Å²) in [4.78, 5) is 6.25. The molecule has 160 valence electrons. The molecule has 2 aromatic carbocycles. The largest absolute Gasteiger partial charge is 0.270 e. The number of halogens is 1. The maximum atomic E-state index is 13.5. The number of sulfonamides is 2. The number of nitrogens with one attached hydrogen (secondary N) is 2. The second kappa shape index (κ2) is 8.86. The second-order valence-corrected chi connectivity index (χ2v) is 10.9. The van der Waals surface area contributed by atoms with Crippen molar-refractivity contribution in [3.05, 3.63) is 72.8 Å². The molecule has 0 saturated carbocycles. The molecule has 0 fully saturated rings. The van der Waals surface area contributed by atoms with Crippen LogP contribution in [0.2, 0.25) is 0 Å². The van der Waals surface area contributed by atoms with Crippen LogP contribution >= 0.6 is 11.6 Å². The number of dihydropyridines is 1. The van der Waals surface area contributed by atoms with Crippen molar-refractivity contribution in [2.24, 2.45) is 4.99 Å². The van der Waals surface area contributed by atoms with Gasteiger partial charge < -0.3 is 0 Å². The molecule has 1 heterocycles. The Labute approximate surface area is 181 Å². The van der Waals surface area contributed by atoms with Gasteiger partial charge in [0.05, 0.1) is 10.6 Å². The highest BCUT2D eigenvalue weighted by atomic mass is 35.5. The minimum Gasteiger partial charge on any atom is -0.270 e. The molecule has 0 aromatic heterocycles. The highest BCUT2D eigenvalue weighted by Gasteiger charge is 2.51. The van der Waals surface area contributed by atoms with Crippen LogP contribution in [0.3, 0.4) is 0 Å². The molecular weight excluding hydrogens is 448 g/mol. The van der Waals surface area contributed by atoms with Crippen LogP contribution in [-0.2, 0) is 20.0 Å². The fourth-order valence-corrected chi connectivity index (χ4v) is 5.97. The van der Waals surface area contributed by atoms with Gasteiger partial charge in [-0.05, 0) is 43.3 Å². The lowest BCUT2D eigenvalue weighted by Crippen LogP contribution is -2.59. The van der Waals surface area contributed by atoms with Crippen LogP contribution in [0.5, 0.6) is 0 Å². The Morgan fingerprint density at radius 1 is 1.03 bits per heavy atom. The average Bonchev–Trinajstić information content (AvgIpc) is 2.75. The summed E-state index contributed by atoms with van der Waals surface area (Å²) in [5.74, 6) is 0. The summed E-state index contributed by atoms with van der Waals surface area (Å²) in [6.07, 6.45) is 2.72. The smallest absolute Gasteiger partial charge is 0.262 e. The number of anilines is 1. The Morgan fingerprint density at radius 3 is 2.23 bits per heavy atom. The maximum Gasteiger partial charge on any atom is 0.262 e. The van der Waals surface area contributed by atoms with E-state index in [-0.39, 0.29) is 11.4 Å². The first-order chi connectivity index (χ1) is 14.2. The zero-order valence-corrected chi connectivity index (χ0v) is 18.4. The molecule has 2 N–H and O–H groups in total. The first kappa shape index (κ1) is 22.4. The van der Waals surface area contributed by atoms with Crippen molar-refractivity contribution >= 4 is 43.5 Å². The van der Waals surface area contributed by atoms with Crippen molar-refractivity contribution in [2.45, 2.75) is 22.2 Å². The van der Waals surface area contributed by atoms with E-state index in [4.69, 9.17) is 11.6 Å². The Bertz CT molecular complexity index is 1140. The third-order valence-electron chi connectivity index (χ3n) is 4.42. The standard InChI is InChI=1S/C19H21ClN4O4S2/c1-2-24(16-10-5-3-6-11-16)30(27,28)19(20)14-9-15-21-18(19)22-23-29(25,26)17-12-7-4-8-13-17/h3-15,18,22-23H,2H2,1H3. The maximum absolute atomic E-state index is 13.5. The van der Waals surface area contributed by atoms with Gasteiger partial charge >= 0.3 is 0 Å². The van der Waals surface area contributed by atoms with Crippen LogP contribution in [-0.4, -0.2) is 40.0 Å². The quantitative estimate of drug-likeness (QED) is 0.456. The van der Waals surface area contributed by atoms with Gasteiger partial charge in [-0.25, -0.2) is 22.3 Å². The average molecular weight is 469 g/mol. The molecule has 0 radical (unpaired) electrons. The first-order valence-electron chi connectivity index (χ1n) is 9.02. The zero-order valence-electron chi connectivity index (χ0n) is 16.0. The fourth-order valence-electron chi connectivity index (χ4n) is 2.91. The minimum atomic E-state index is -4.21. The van der Waals surface area contributed by atoms with E-state index in [9.17, 15) is 16.8 Å². The minimum absolute atomic E-state index is 0.00957. The summed E-state index contributed by atoms with van der Waals surface area (Å²) >= 11 is 6.60. The lowest BCUT2D eigenvalue weighted by molar-refractivity contribution is 0.463. The Morgan fingerprint density at radius 2 is 1.63 bits per heavy atom. The molecule has 30 heavy (non-hydrogen) atoms. The monoisotopic (exact) mass is 468 g/mol. The number of nitrogens with zero attached hydrogens (tertiary/aromatic N) is 2. The van der Waals surface area contributed by atoms with E-state index in [1.807, 2.05) is 0 Å². The van der Waals surface area contributed by atoms with Crippen molar-refractivity contribution in [1.29, 1.82) is 0 Å². The van der Waals surface area contributed by atoms with E-state index in [1.165, 1.54) is 30.5 Å². The van der Waals surface area contributed by atoms with Crippen LogP contribution in [0.25, 0.3) is 0 Å². The van der Waals surface area contributed by atoms with Gasteiger partial charge in [-0.3, -0.25) is 9.30 Å². The summed E-state index contributed by atoms with van der Waals surface area (Å²) in [5, 5.41) is 0. The van der Waals surface area contributed by atoms with Crippen molar-refractivity contribution in [3.8, 4) is 0 Å². The van der Waals surface area contributed by atoms with Crippen LogP contribution < -0.4 is 14.6 Å². The van der Waals surface area contributed by atoms with Crippen LogP contribution in [0.1, 0.15) is 6.92 Å². The third kappa shape index (κ3) is 4.28. The van der Waals surface area contributed by atoms with E-state index >= 15 is 0 Å². The summed E-state index contributed by atoms with van der Waals surface area (Å²) in [6.45, 7) is 1.81. The molecule has 8 nitrogen and oxygen atoms in total. The summed E-state index contributed by atoms with van der Waals surface area (Å²) in [5.41, 5.74) is 2.90. The predicted molar refractivity (Wildman–Crippen MR) is 118 cm³/mol. The first-order valence-corrected chi connectivity index (χ1v) is 12.3. The van der Waals surface area contributed by atoms with Crippen molar-refractivity contribution in [2.75, 3.05) is 10.8 Å². The van der Waals surface area contributed by atoms with Crippen LogP contribution in [0.15, 0.2) is 82.7 Å². The molecule has 0 saturated heterocycles. The molecule has 1 aliphatic rings. The highest BCUT2D eigenvalue weighted by molar-refractivity contribution is 7.95. The van der Waals surface area contributed by atoms with Crippen molar-refractivity contribution < 1.29 is 16.8 Å². The van der Waals surface area contributed by atoms with Crippen LogP contribution in [0, 0.1) is 0 Å². The van der Waals surface area contributed by atoms with E-state index in [0.29, 0.717) is 5.69 Å². The molecule has 3 rings (SSSR count). The zero-order chi connectivity index (χ0) is 21.8. The number of aliphatic imine (C=N–C) groups is 1. The van der Waals surface area contributed by atoms with Gasteiger partial charge in [0.25, 0.3) is 20.0 Å². The lowest BCUT2D eigenvalue weighted by Gasteiger charge is -2.36. The summed E-state index contributed by atoms with van der Waals surface area (Å²) in [6, 6.07) is 16.2. The third-order valence-corrected chi connectivity index (χ3v) is 8.81. The number of alkyl halides is 1. The van der Waals surface area contributed by atoms with Gasteiger partial charge in [-0.15, -0.1) is 4.83 Å². The molecule has 0 aliphatic carbocycles. The van der Waals surface area contributed by atoms with Gasteiger partial charge in [0, 0.05) is 12.8 Å². The molecule has 11 heteroatoms. The van der Waals surface area contributed by atoms with Gasteiger partial charge in [-0.2, -0.15) is 0 Å². The second-order valence-electron chi connectivity index (χ2n) is 6.33. The SMILES string of the molecule is CCN(c1ccccc1)S(=O)(=O)C1(Cl)C=CC=NC1NNS(=O)(=O)c1ccccc1. The summed E-state index contributed by atoms with van der Waals surface area (Å²) < 4.78 is 51.1. The molecule has 2 atom stereocenters. The molecule has 0 spiro atoms. The lowest BCUT2D eigenvalue weighted by atomic mass is 10.2. The normalized spacial score (nSPS) is 21.5. The van der Waals surface area contributed by atoms with E-state index < -0.39 is 30.4 Å². The van der Waals surface area contributed by atoms with Crippen molar-refractivity contribution in [3.63, 3.8) is 0 Å². The van der Waals surface area contributed by atoms with E-state index in [2.05, 4.69) is 15.2 Å². The Hall–Kier alpha value is -2.24. The molecule has 2 unspecified atom stereocenters. The summed E-state index contributed by atoms with van der Waals surface area (Å²) in [7, 11) is -8.17.